The first-order valence-corrected chi connectivity index (χ1v) is 7.18. The lowest BCUT2D eigenvalue weighted by molar-refractivity contribution is -0.113. The van der Waals surface area contributed by atoms with E-state index < -0.39 is 0 Å². The summed E-state index contributed by atoms with van der Waals surface area (Å²) < 4.78 is 0. The summed E-state index contributed by atoms with van der Waals surface area (Å²) in [6.45, 7) is 1.99. The minimum Gasteiger partial charge on any atom is -0.308 e. The number of carbonyl (C=O) groups excluding carboxylic acids is 1. The number of fused-ring (bicyclic) bond motifs is 1. The average molecular weight is 265 g/mol. The van der Waals surface area contributed by atoms with Crippen molar-refractivity contribution in [1.82, 2.24) is 10.2 Å². The van der Waals surface area contributed by atoms with E-state index in [9.17, 15) is 4.79 Å². The number of H-pyrrole nitrogens is 1. The van der Waals surface area contributed by atoms with Gasteiger partial charge in [-0.15, -0.1) is 23.1 Å². The highest BCUT2D eigenvalue weighted by molar-refractivity contribution is 8.00. The Balaban J connectivity index is 2.10. The van der Waals surface area contributed by atoms with E-state index in [0.29, 0.717) is 11.6 Å². The molecule has 1 amide bonds. The highest BCUT2D eigenvalue weighted by Crippen LogP contribution is 2.43. The van der Waals surface area contributed by atoms with E-state index in [4.69, 9.17) is 0 Å². The van der Waals surface area contributed by atoms with E-state index in [1.807, 2.05) is 13.0 Å². The Morgan fingerprint density at radius 3 is 3.18 bits per heavy atom. The molecule has 0 aliphatic carbocycles. The van der Waals surface area contributed by atoms with Gasteiger partial charge in [-0.05, 0) is 18.4 Å². The fourth-order valence-corrected chi connectivity index (χ4v) is 4.10. The largest absolute Gasteiger partial charge is 0.308 e. The van der Waals surface area contributed by atoms with Crippen LogP contribution in [0.15, 0.2) is 17.5 Å². The van der Waals surface area contributed by atoms with E-state index in [0.717, 1.165) is 11.3 Å². The molecule has 0 saturated heterocycles. The van der Waals surface area contributed by atoms with Crippen LogP contribution in [0.4, 0.5) is 5.82 Å². The normalized spacial score (nSPS) is 19.6. The second kappa shape index (κ2) is 4.19. The number of hydrogen-bond donors (Lipinski definition) is 2. The van der Waals surface area contributed by atoms with Gasteiger partial charge >= 0.3 is 0 Å². The van der Waals surface area contributed by atoms with Crippen molar-refractivity contribution in [3.05, 3.63) is 33.6 Å². The van der Waals surface area contributed by atoms with E-state index in [1.165, 1.54) is 4.88 Å². The third-order valence-electron chi connectivity index (χ3n) is 2.70. The van der Waals surface area contributed by atoms with E-state index in [-0.39, 0.29) is 11.2 Å². The van der Waals surface area contributed by atoms with Crippen LogP contribution in [0, 0.1) is 6.92 Å². The van der Waals surface area contributed by atoms with Gasteiger partial charge in [0.25, 0.3) is 0 Å². The second-order valence-electron chi connectivity index (χ2n) is 3.87. The summed E-state index contributed by atoms with van der Waals surface area (Å²) >= 11 is 3.36. The van der Waals surface area contributed by atoms with Crippen LogP contribution in [0.25, 0.3) is 0 Å². The number of thiophene rings is 1. The standard InChI is InChI=1S/C11H11N3OS2/c1-6-9-10(7-3-2-4-16-7)17-5-8(15)12-11(9)14-13-6/h2-4,10H,5H2,1H3,(H2,12,13,14,15). The highest BCUT2D eigenvalue weighted by Gasteiger charge is 2.28. The summed E-state index contributed by atoms with van der Waals surface area (Å²) in [6, 6.07) is 4.14. The zero-order valence-electron chi connectivity index (χ0n) is 9.19. The number of aryl methyl sites for hydroxylation is 1. The third kappa shape index (κ3) is 1.87. The van der Waals surface area contributed by atoms with Crippen LogP contribution in [0.2, 0.25) is 0 Å². The molecule has 3 rings (SSSR count). The van der Waals surface area contributed by atoms with Gasteiger partial charge in [0.15, 0.2) is 5.82 Å². The van der Waals surface area contributed by atoms with Gasteiger partial charge < -0.3 is 5.32 Å². The lowest BCUT2D eigenvalue weighted by atomic mass is 10.1. The lowest BCUT2D eigenvalue weighted by Gasteiger charge is -2.12. The number of hydrogen-bond acceptors (Lipinski definition) is 4. The molecule has 17 heavy (non-hydrogen) atoms. The highest BCUT2D eigenvalue weighted by atomic mass is 32.2. The Bertz CT molecular complexity index is 547. The number of anilines is 1. The monoisotopic (exact) mass is 265 g/mol. The van der Waals surface area contributed by atoms with E-state index in [1.54, 1.807) is 23.1 Å². The molecule has 1 aliphatic heterocycles. The second-order valence-corrected chi connectivity index (χ2v) is 5.94. The van der Waals surface area contributed by atoms with Crippen LogP contribution in [-0.4, -0.2) is 21.9 Å². The first-order valence-electron chi connectivity index (χ1n) is 5.25. The molecule has 1 aliphatic rings. The number of aromatic amines is 1. The molecular weight excluding hydrogens is 254 g/mol. The van der Waals surface area contributed by atoms with Crippen molar-refractivity contribution in [2.24, 2.45) is 0 Å². The van der Waals surface area contributed by atoms with Crippen LogP contribution in [-0.2, 0) is 4.79 Å². The first kappa shape index (κ1) is 10.9. The zero-order chi connectivity index (χ0) is 11.8. The smallest absolute Gasteiger partial charge is 0.235 e. The number of rotatable bonds is 1. The number of nitrogens with zero attached hydrogens (tertiary/aromatic N) is 1. The molecule has 0 spiro atoms. The fourth-order valence-electron chi connectivity index (χ4n) is 1.93. The Labute approximate surface area is 107 Å². The number of aromatic nitrogens is 2. The summed E-state index contributed by atoms with van der Waals surface area (Å²) in [5, 5.41) is 12.2. The molecule has 0 bridgehead atoms. The van der Waals surface area contributed by atoms with Crippen molar-refractivity contribution in [1.29, 1.82) is 0 Å². The molecule has 2 aromatic rings. The van der Waals surface area contributed by atoms with Gasteiger partial charge in [-0.25, -0.2) is 0 Å². The maximum atomic E-state index is 11.6. The maximum Gasteiger partial charge on any atom is 0.235 e. The van der Waals surface area contributed by atoms with Crippen LogP contribution >= 0.6 is 23.1 Å². The summed E-state index contributed by atoms with van der Waals surface area (Å²) in [5.74, 6) is 1.16. The van der Waals surface area contributed by atoms with E-state index >= 15 is 0 Å². The summed E-state index contributed by atoms with van der Waals surface area (Å²) in [5.41, 5.74) is 2.12. The molecule has 0 saturated carbocycles. The third-order valence-corrected chi connectivity index (χ3v) is 5.04. The Morgan fingerprint density at radius 1 is 1.53 bits per heavy atom. The number of nitrogens with one attached hydrogen (secondary N) is 2. The van der Waals surface area contributed by atoms with Crippen molar-refractivity contribution in [3.8, 4) is 0 Å². The molecule has 6 heteroatoms. The first-order chi connectivity index (χ1) is 8.25. The molecule has 0 fully saturated rings. The van der Waals surface area contributed by atoms with Gasteiger partial charge in [0.1, 0.15) is 0 Å². The summed E-state index contributed by atoms with van der Waals surface area (Å²) in [6.07, 6.45) is 0. The molecule has 2 aromatic heterocycles. The molecule has 2 N–H and O–H groups in total. The molecule has 88 valence electrons. The Morgan fingerprint density at radius 2 is 2.41 bits per heavy atom. The SMILES string of the molecule is Cc1[nH]nc2c1C(c1cccs1)SCC(=O)N2. The van der Waals surface area contributed by atoms with E-state index in [2.05, 4.69) is 27.0 Å². The van der Waals surface area contributed by atoms with Crippen LogP contribution in [0.3, 0.4) is 0 Å². The van der Waals surface area contributed by atoms with Gasteiger partial charge in [-0.3, -0.25) is 9.89 Å². The molecule has 3 heterocycles. The molecule has 0 radical (unpaired) electrons. The van der Waals surface area contributed by atoms with Gasteiger partial charge in [-0.2, -0.15) is 5.10 Å². The Kier molecular flexibility index (Phi) is 2.68. The van der Waals surface area contributed by atoms with Crippen molar-refractivity contribution >= 4 is 34.8 Å². The molecular formula is C11H11N3OS2. The molecule has 0 aromatic carbocycles. The van der Waals surface area contributed by atoms with Crippen LogP contribution in [0.5, 0.6) is 0 Å². The van der Waals surface area contributed by atoms with Crippen LogP contribution in [0.1, 0.15) is 21.4 Å². The van der Waals surface area contributed by atoms with Gasteiger partial charge in [0.2, 0.25) is 5.91 Å². The van der Waals surface area contributed by atoms with Crippen molar-refractivity contribution < 1.29 is 4.79 Å². The number of thioether (sulfide) groups is 1. The fraction of sp³-hybridized carbons (Fsp3) is 0.273. The minimum absolute atomic E-state index is 0.0156. The van der Waals surface area contributed by atoms with Crippen molar-refractivity contribution in [2.45, 2.75) is 12.2 Å². The van der Waals surface area contributed by atoms with Crippen LogP contribution < -0.4 is 5.32 Å². The number of carbonyl (C=O) groups is 1. The van der Waals surface area contributed by atoms with Crippen molar-refractivity contribution in [2.75, 3.05) is 11.1 Å². The lowest BCUT2D eigenvalue weighted by Crippen LogP contribution is -2.12. The quantitative estimate of drug-likeness (QED) is 0.833. The number of amides is 1. The molecule has 4 nitrogen and oxygen atoms in total. The average Bonchev–Trinajstić information content (AvgIpc) is 2.90. The van der Waals surface area contributed by atoms with Gasteiger partial charge in [0.05, 0.1) is 11.0 Å². The molecule has 1 unspecified atom stereocenters. The van der Waals surface area contributed by atoms with Crippen molar-refractivity contribution in [3.63, 3.8) is 0 Å². The summed E-state index contributed by atoms with van der Waals surface area (Å²) in [4.78, 5) is 12.8. The topological polar surface area (TPSA) is 57.8 Å². The minimum atomic E-state index is 0.0156. The van der Waals surface area contributed by atoms with Gasteiger partial charge in [-0.1, -0.05) is 6.07 Å². The Hall–Kier alpha value is -1.27. The van der Waals surface area contributed by atoms with Gasteiger partial charge in [0, 0.05) is 16.1 Å². The summed E-state index contributed by atoms with van der Waals surface area (Å²) in [7, 11) is 0. The predicted octanol–water partition coefficient (Wildman–Crippen LogP) is 2.55. The maximum absolute atomic E-state index is 11.6. The zero-order valence-corrected chi connectivity index (χ0v) is 10.8. The predicted molar refractivity (Wildman–Crippen MR) is 70.6 cm³/mol. The molecule has 1 atom stereocenters.